The van der Waals surface area contributed by atoms with Crippen LogP contribution in [0.3, 0.4) is 0 Å². The van der Waals surface area contributed by atoms with E-state index >= 15 is 0 Å². The average Bonchev–Trinajstić information content (AvgIpc) is 2.27. The van der Waals surface area contributed by atoms with Gasteiger partial charge in [-0.2, -0.15) is 0 Å². The van der Waals surface area contributed by atoms with Crippen molar-refractivity contribution in [3.05, 3.63) is 0 Å². The number of rotatable bonds is 5. The Kier molecular flexibility index (Phi) is 6.80. The summed E-state index contributed by atoms with van der Waals surface area (Å²) in [6.07, 6.45) is 2.25. The van der Waals surface area contributed by atoms with Crippen LogP contribution in [0.15, 0.2) is 0 Å². The number of urea groups is 1. The van der Waals surface area contributed by atoms with Crippen LogP contribution in [0, 0.1) is 0 Å². The highest BCUT2D eigenvalue weighted by Gasteiger charge is 2.27. The van der Waals surface area contributed by atoms with E-state index in [0.29, 0.717) is 13.1 Å². The van der Waals surface area contributed by atoms with Gasteiger partial charge in [-0.15, -0.1) is 0 Å². The van der Waals surface area contributed by atoms with Gasteiger partial charge in [0.1, 0.15) is 25.3 Å². The molecule has 0 saturated carbocycles. The summed E-state index contributed by atoms with van der Waals surface area (Å²) in [6.45, 7) is 8.59. The molecule has 1 fully saturated rings. The van der Waals surface area contributed by atoms with Gasteiger partial charge in [0.15, 0.2) is 6.54 Å². The molecule has 1 rings (SSSR count). The van der Waals surface area contributed by atoms with Crippen LogP contribution in [0.2, 0.25) is 0 Å². The molecule has 110 valence electrons. The van der Waals surface area contributed by atoms with E-state index < -0.39 is 6.03 Å². The molecule has 0 aromatic heterocycles. The van der Waals surface area contributed by atoms with Gasteiger partial charge in [-0.25, -0.2) is 4.79 Å². The van der Waals surface area contributed by atoms with E-state index in [1.165, 1.54) is 0 Å². The summed E-state index contributed by atoms with van der Waals surface area (Å²) in [5.74, 6) is -0.231. The second-order valence-electron chi connectivity index (χ2n) is 5.25. The minimum Gasteiger partial charge on any atom is -0.364 e. The normalized spacial score (nSPS) is 26.8. The van der Waals surface area contributed by atoms with Gasteiger partial charge in [0.25, 0.3) is 5.91 Å². The Hall–Kier alpha value is -1.14. The molecule has 0 aromatic rings. The van der Waals surface area contributed by atoms with Crippen LogP contribution in [-0.4, -0.2) is 50.3 Å². The Labute approximate surface area is 114 Å². The van der Waals surface area contributed by atoms with Gasteiger partial charge in [0, 0.05) is 6.54 Å². The van der Waals surface area contributed by atoms with Crippen molar-refractivity contribution in [2.75, 3.05) is 26.2 Å². The summed E-state index contributed by atoms with van der Waals surface area (Å²) in [4.78, 5) is 24.3. The van der Waals surface area contributed by atoms with Crippen LogP contribution in [-0.2, 0) is 9.53 Å². The average molecular weight is 272 g/mol. The Bertz CT molecular complexity index is 300. The summed E-state index contributed by atoms with van der Waals surface area (Å²) in [5.41, 5.74) is 0. The van der Waals surface area contributed by atoms with Gasteiger partial charge >= 0.3 is 6.03 Å². The van der Waals surface area contributed by atoms with Crippen molar-refractivity contribution in [1.82, 2.24) is 10.6 Å². The molecule has 1 heterocycles. The maximum Gasteiger partial charge on any atom is 0.321 e. The Morgan fingerprint density at radius 3 is 2.47 bits per heavy atom. The summed E-state index contributed by atoms with van der Waals surface area (Å²) >= 11 is 0. The lowest BCUT2D eigenvalue weighted by atomic mass is 10.2. The number of ether oxygens (including phenoxy) is 1. The zero-order valence-electron chi connectivity index (χ0n) is 12.1. The number of carbonyl (C=O) groups excluding carboxylic acids is 2. The number of quaternary nitrogens is 1. The van der Waals surface area contributed by atoms with Crippen molar-refractivity contribution in [2.24, 2.45) is 0 Å². The number of unbranched alkanes of at least 4 members (excludes halogenated alkanes) is 1. The topological polar surface area (TPSA) is 71.9 Å². The van der Waals surface area contributed by atoms with E-state index in [0.717, 1.165) is 30.8 Å². The van der Waals surface area contributed by atoms with Crippen LogP contribution >= 0.6 is 0 Å². The molecule has 19 heavy (non-hydrogen) atoms. The Morgan fingerprint density at radius 1 is 1.26 bits per heavy atom. The number of hydrogen-bond donors (Lipinski definition) is 3. The van der Waals surface area contributed by atoms with Gasteiger partial charge in [-0.1, -0.05) is 13.3 Å². The second kappa shape index (κ2) is 8.12. The SMILES string of the molecule is CCCCNC(=O)NC(=O)C[NH+]1C[C@@H](C)O[C@H](C)C1. The van der Waals surface area contributed by atoms with E-state index in [9.17, 15) is 9.59 Å². The lowest BCUT2D eigenvalue weighted by Crippen LogP contribution is -3.16. The first-order valence-electron chi connectivity index (χ1n) is 7.08. The van der Waals surface area contributed by atoms with Crippen LogP contribution in [0.4, 0.5) is 4.79 Å². The standard InChI is InChI=1S/C13H25N3O3/c1-4-5-6-14-13(18)15-12(17)9-16-7-10(2)19-11(3)8-16/h10-11H,4-9H2,1-3H3,(H2,14,15,17,18)/p+1/t10-,11-/m1/s1. The van der Waals surface area contributed by atoms with Gasteiger partial charge < -0.3 is 15.0 Å². The number of amides is 3. The highest BCUT2D eigenvalue weighted by Crippen LogP contribution is 1.97. The monoisotopic (exact) mass is 272 g/mol. The highest BCUT2D eigenvalue weighted by molar-refractivity contribution is 5.94. The maximum atomic E-state index is 11.7. The lowest BCUT2D eigenvalue weighted by molar-refractivity contribution is -0.907. The summed E-state index contributed by atoms with van der Waals surface area (Å²) in [7, 11) is 0. The van der Waals surface area contributed by atoms with Crippen LogP contribution in [0.1, 0.15) is 33.6 Å². The highest BCUT2D eigenvalue weighted by atomic mass is 16.5. The smallest absolute Gasteiger partial charge is 0.321 e. The molecule has 0 aromatic carbocycles. The van der Waals surface area contributed by atoms with Gasteiger partial charge in [-0.05, 0) is 20.3 Å². The third-order valence-electron chi connectivity index (χ3n) is 3.10. The van der Waals surface area contributed by atoms with Crippen LogP contribution in [0.25, 0.3) is 0 Å². The summed E-state index contributed by atoms with van der Waals surface area (Å²) in [5, 5.41) is 5.03. The number of carbonyl (C=O) groups is 2. The first-order valence-corrected chi connectivity index (χ1v) is 7.08. The van der Waals surface area contributed by atoms with Gasteiger partial charge in [-0.3, -0.25) is 10.1 Å². The lowest BCUT2D eigenvalue weighted by Gasteiger charge is -2.31. The van der Waals surface area contributed by atoms with E-state index in [-0.39, 0.29) is 18.1 Å². The van der Waals surface area contributed by atoms with Crippen LogP contribution < -0.4 is 15.5 Å². The Balaban J connectivity index is 2.24. The second-order valence-corrected chi connectivity index (χ2v) is 5.25. The molecular formula is C13H26N3O3+. The third kappa shape index (κ3) is 6.54. The van der Waals surface area contributed by atoms with Gasteiger partial charge in [0.05, 0.1) is 0 Å². The van der Waals surface area contributed by atoms with Crippen LogP contribution in [0.5, 0.6) is 0 Å². The molecule has 2 atom stereocenters. The van der Waals surface area contributed by atoms with Crippen molar-refractivity contribution < 1.29 is 19.2 Å². The molecule has 0 bridgehead atoms. The maximum absolute atomic E-state index is 11.7. The minimum absolute atomic E-state index is 0.157. The fraction of sp³-hybridized carbons (Fsp3) is 0.846. The van der Waals surface area contributed by atoms with E-state index in [1.807, 2.05) is 13.8 Å². The van der Waals surface area contributed by atoms with Crippen molar-refractivity contribution in [3.63, 3.8) is 0 Å². The quantitative estimate of drug-likeness (QED) is 0.580. The molecule has 0 unspecified atom stereocenters. The summed E-state index contributed by atoms with van der Waals surface area (Å²) < 4.78 is 5.61. The Morgan fingerprint density at radius 2 is 1.89 bits per heavy atom. The molecule has 0 radical (unpaired) electrons. The predicted molar refractivity (Wildman–Crippen MR) is 72.0 cm³/mol. The first kappa shape index (κ1) is 15.9. The fourth-order valence-electron chi connectivity index (χ4n) is 2.35. The number of nitrogens with one attached hydrogen (secondary N) is 3. The molecule has 0 aliphatic carbocycles. The largest absolute Gasteiger partial charge is 0.364 e. The minimum atomic E-state index is -0.396. The van der Waals surface area contributed by atoms with E-state index in [1.54, 1.807) is 0 Å². The molecule has 1 aliphatic heterocycles. The number of morpholine rings is 1. The molecular weight excluding hydrogens is 246 g/mol. The van der Waals surface area contributed by atoms with Crippen molar-refractivity contribution >= 4 is 11.9 Å². The molecule has 3 N–H and O–H groups in total. The van der Waals surface area contributed by atoms with Crippen molar-refractivity contribution in [2.45, 2.75) is 45.8 Å². The summed E-state index contributed by atoms with van der Waals surface area (Å²) in [6, 6.07) is -0.396. The number of imide groups is 1. The fourth-order valence-corrected chi connectivity index (χ4v) is 2.35. The third-order valence-corrected chi connectivity index (χ3v) is 3.10. The van der Waals surface area contributed by atoms with E-state index in [2.05, 4.69) is 17.6 Å². The van der Waals surface area contributed by atoms with Crippen molar-refractivity contribution in [3.8, 4) is 0 Å². The molecule has 0 spiro atoms. The van der Waals surface area contributed by atoms with Crippen molar-refractivity contribution in [1.29, 1.82) is 0 Å². The van der Waals surface area contributed by atoms with Gasteiger partial charge in [0.2, 0.25) is 0 Å². The number of hydrogen-bond acceptors (Lipinski definition) is 3. The molecule has 1 aliphatic rings. The first-order chi connectivity index (χ1) is 9.01. The molecule has 6 heteroatoms. The zero-order chi connectivity index (χ0) is 14.3. The zero-order valence-corrected chi connectivity index (χ0v) is 12.1. The molecule has 1 saturated heterocycles. The molecule has 3 amide bonds. The molecule has 6 nitrogen and oxygen atoms in total. The van der Waals surface area contributed by atoms with E-state index in [4.69, 9.17) is 4.74 Å². The predicted octanol–water partition coefficient (Wildman–Crippen LogP) is -0.696.